The molecule has 1 fully saturated rings. The van der Waals surface area contributed by atoms with Crippen LogP contribution in [0.3, 0.4) is 0 Å². The Kier molecular flexibility index (Phi) is 12.0. The van der Waals surface area contributed by atoms with E-state index in [1.54, 1.807) is 83.0 Å². The zero-order chi connectivity index (χ0) is 48.1. The number of hydrogen-bond acceptors (Lipinski definition) is 15. The van der Waals surface area contributed by atoms with Gasteiger partial charge in [-0.1, -0.05) is 23.2 Å². The maximum absolute atomic E-state index is 13.2. The van der Waals surface area contributed by atoms with Crippen LogP contribution in [0.4, 0.5) is 23.3 Å². The lowest BCUT2D eigenvalue weighted by Gasteiger charge is -2.20. The summed E-state index contributed by atoms with van der Waals surface area (Å²) in [6.07, 6.45) is 3.46. The van der Waals surface area contributed by atoms with E-state index in [0.717, 1.165) is 10.9 Å². The minimum Gasteiger partial charge on any atom is -0.493 e. The molecule has 2 unspecified atom stereocenters. The van der Waals surface area contributed by atoms with E-state index < -0.39 is 24.3 Å². The molecule has 68 heavy (non-hydrogen) atoms. The minimum atomic E-state index is -1.58. The van der Waals surface area contributed by atoms with Crippen molar-refractivity contribution < 1.29 is 33.6 Å². The van der Waals surface area contributed by atoms with Gasteiger partial charge >= 0.3 is 0 Å². The van der Waals surface area contributed by atoms with Gasteiger partial charge in [-0.25, -0.2) is 9.36 Å². The summed E-state index contributed by atoms with van der Waals surface area (Å²) in [6, 6.07) is 17.0. The predicted molar refractivity (Wildman–Crippen MR) is 254 cm³/mol. The van der Waals surface area contributed by atoms with Gasteiger partial charge in [0.15, 0.2) is 53.6 Å². The number of anilines is 4. The maximum Gasteiger partial charge on any atom is 0.260 e. The Hall–Kier alpha value is -7.62. The van der Waals surface area contributed by atoms with Gasteiger partial charge in [0.2, 0.25) is 11.9 Å². The van der Waals surface area contributed by atoms with Crippen molar-refractivity contribution in [3.8, 4) is 45.8 Å². The molecule has 4 heterocycles. The van der Waals surface area contributed by atoms with Crippen LogP contribution in [-0.4, -0.2) is 105 Å². The van der Waals surface area contributed by atoms with Crippen molar-refractivity contribution in [3.05, 3.63) is 83.1 Å². The van der Waals surface area contributed by atoms with Crippen molar-refractivity contribution in [2.75, 3.05) is 38.1 Å². The van der Waals surface area contributed by atoms with Gasteiger partial charge in [0.25, 0.3) is 11.8 Å². The summed E-state index contributed by atoms with van der Waals surface area (Å²) in [5.41, 5.74) is 1.96. The Balaban J connectivity index is 0.812. The van der Waals surface area contributed by atoms with Crippen molar-refractivity contribution in [2.45, 2.75) is 44.5 Å². The number of methoxy groups -OCH3 is 2. The number of benzene rings is 4. The van der Waals surface area contributed by atoms with E-state index >= 15 is 0 Å². The molecule has 9 rings (SSSR count). The highest BCUT2D eigenvalue weighted by molar-refractivity contribution is 6.38. The highest BCUT2D eigenvalue weighted by Crippen LogP contribution is 2.47. The van der Waals surface area contributed by atoms with E-state index in [1.807, 2.05) is 39.0 Å². The average molecular weight is 966 g/mol. The number of halogens is 2. The van der Waals surface area contributed by atoms with Crippen LogP contribution >= 0.6 is 23.2 Å². The fourth-order valence-corrected chi connectivity index (χ4v) is 8.03. The molecular formula is C45H46Cl2N14O7. The van der Waals surface area contributed by atoms with E-state index in [2.05, 4.69) is 56.7 Å². The first-order chi connectivity index (χ1) is 32.5. The van der Waals surface area contributed by atoms with Gasteiger partial charge in [-0.15, -0.1) is 10.2 Å². The van der Waals surface area contributed by atoms with Crippen LogP contribution in [0.1, 0.15) is 33.2 Å². The molecule has 0 spiro atoms. The van der Waals surface area contributed by atoms with E-state index in [1.165, 1.54) is 14.2 Å². The van der Waals surface area contributed by atoms with Crippen LogP contribution in [0.2, 0.25) is 10.0 Å². The average Bonchev–Trinajstić information content (AvgIpc) is 3.86. The smallest absolute Gasteiger partial charge is 0.260 e. The van der Waals surface area contributed by atoms with Crippen molar-refractivity contribution in [3.63, 3.8) is 0 Å². The van der Waals surface area contributed by atoms with E-state index in [9.17, 15) is 14.7 Å². The monoisotopic (exact) mass is 964 g/mol. The van der Waals surface area contributed by atoms with Crippen LogP contribution in [0, 0.1) is 0 Å². The summed E-state index contributed by atoms with van der Waals surface area (Å²) in [4.78, 5) is 34.8. The first-order valence-corrected chi connectivity index (χ1v) is 21.9. The number of H-pyrrole nitrogens is 1. The number of carbonyl (C=O) groups is 2. The lowest BCUT2D eigenvalue weighted by atomic mass is 10.1. The molecule has 23 heteroatoms. The summed E-state index contributed by atoms with van der Waals surface area (Å²) in [7, 11) is 6.49. The number of amides is 2. The number of aromatic amines is 1. The van der Waals surface area contributed by atoms with Gasteiger partial charge in [0.05, 0.1) is 59.1 Å². The summed E-state index contributed by atoms with van der Waals surface area (Å²) < 4.78 is 27.5. The second-order valence-electron chi connectivity index (χ2n) is 17.0. The predicted octanol–water partition coefficient (Wildman–Crippen LogP) is 6.44. The van der Waals surface area contributed by atoms with Crippen molar-refractivity contribution in [1.82, 2.24) is 60.1 Å². The number of aromatic nitrogens is 10. The summed E-state index contributed by atoms with van der Waals surface area (Å²) in [6.45, 7) is 5.10. The van der Waals surface area contributed by atoms with Crippen molar-refractivity contribution >= 4 is 80.1 Å². The number of rotatable bonds is 16. The number of aliphatic hydroxyl groups is 1. The lowest BCUT2D eigenvalue weighted by molar-refractivity contribution is -0.127. The zero-order valence-corrected chi connectivity index (χ0v) is 39.3. The van der Waals surface area contributed by atoms with Crippen LogP contribution in [-0.2, 0) is 23.7 Å². The van der Waals surface area contributed by atoms with Gasteiger partial charge in [-0.2, -0.15) is 20.2 Å². The second kappa shape index (κ2) is 17.9. The van der Waals surface area contributed by atoms with Crippen LogP contribution < -0.4 is 40.2 Å². The fraction of sp³-hybridized carbons (Fsp3) is 0.289. The van der Waals surface area contributed by atoms with Crippen molar-refractivity contribution in [2.24, 2.45) is 14.1 Å². The van der Waals surface area contributed by atoms with Gasteiger partial charge in [0.1, 0.15) is 6.04 Å². The van der Waals surface area contributed by atoms with Gasteiger partial charge < -0.3 is 45.3 Å². The third kappa shape index (κ3) is 9.22. The summed E-state index contributed by atoms with van der Waals surface area (Å²) >= 11 is 13.5. The lowest BCUT2D eigenvalue weighted by Crippen LogP contribution is -2.43. The molecule has 2 amide bonds. The van der Waals surface area contributed by atoms with Crippen LogP contribution in [0.5, 0.6) is 23.0 Å². The maximum atomic E-state index is 13.2. The summed E-state index contributed by atoms with van der Waals surface area (Å²) in [5.74, 6) is 2.32. The van der Waals surface area contributed by atoms with Gasteiger partial charge in [-0.3, -0.25) is 19.4 Å². The first kappa shape index (κ1) is 45.5. The fourth-order valence-electron chi connectivity index (χ4n) is 7.51. The Morgan fingerprint density at radius 1 is 0.779 bits per heavy atom. The Bertz CT molecular complexity index is 3230. The molecule has 21 nitrogen and oxygen atoms in total. The second-order valence-corrected chi connectivity index (χ2v) is 17.8. The molecular weight excluding hydrogens is 919 g/mol. The van der Waals surface area contributed by atoms with E-state index in [0.29, 0.717) is 90.0 Å². The molecule has 4 aromatic carbocycles. The number of aryl methyl sites for hydroxylation is 2. The van der Waals surface area contributed by atoms with Crippen LogP contribution in [0.15, 0.2) is 73.1 Å². The molecule has 8 aromatic rings. The molecule has 0 bridgehead atoms. The molecule has 0 saturated heterocycles. The number of fused-ring (bicyclic) bond motifs is 2. The minimum absolute atomic E-state index is 0.174. The third-order valence-electron chi connectivity index (χ3n) is 10.9. The first-order valence-electron chi connectivity index (χ1n) is 21.1. The third-order valence-corrected chi connectivity index (χ3v) is 11.7. The van der Waals surface area contributed by atoms with Gasteiger partial charge in [0, 0.05) is 48.0 Å². The van der Waals surface area contributed by atoms with Gasteiger partial charge in [-0.05, 0) is 81.4 Å². The molecule has 1 aliphatic carbocycles. The molecule has 352 valence electrons. The van der Waals surface area contributed by atoms with Crippen molar-refractivity contribution in [1.29, 1.82) is 0 Å². The summed E-state index contributed by atoms with van der Waals surface area (Å²) in [5, 5.41) is 46.2. The Morgan fingerprint density at radius 2 is 1.34 bits per heavy atom. The zero-order valence-electron chi connectivity index (χ0n) is 37.8. The van der Waals surface area contributed by atoms with E-state index in [4.69, 9.17) is 42.1 Å². The number of ether oxygens (including phenoxy) is 4. The molecule has 4 aromatic heterocycles. The molecule has 1 saturated carbocycles. The number of nitrogens with one attached hydrogen (secondary N) is 5. The normalized spacial score (nSPS) is 15.6. The highest BCUT2D eigenvalue weighted by atomic mass is 35.5. The van der Waals surface area contributed by atoms with E-state index in [-0.39, 0.29) is 24.5 Å². The highest BCUT2D eigenvalue weighted by Gasteiger charge is 2.57. The standard InChI is InChI=1S/C45H46Cl2N14O7/c1-44(2,3)54-36(62)21-67-31-14-8-23(16-33(31)65-6)41-53-43(60(5)58-41)51-29-12-13-30-26(39(29)47)20-49-61(30)35-18-45(35,64)55-37(63)22-68-32-15-9-24(17-34(32)66-7)40-52-42(59(4)57-40)50-28-11-10-27-25(38(28)46)19-48-56-27/h8-17,19-20,35,64H,18,21-22H2,1-7H3,(H,48,56)(H,54,62)(H,55,63)(H,50,52,57)(H,51,53,58). The largest absolute Gasteiger partial charge is 0.493 e. The quantitative estimate of drug-likeness (QED) is 0.0571. The molecule has 6 N–H and O–H groups in total. The topological polar surface area (TPSA) is 247 Å². The molecule has 1 aliphatic rings. The number of carbonyl (C=O) groups excluding carboxylic acids is 2. The van der Waals surface area contributed by atoms with Crippen LogP contribution in [0.25, 0.3) is 44.6 Å². The molecule has 2 atom stereocenters. The molecule has 0 radical (unpaired) electrons. The Labute approximate surface area is 398 Å². The number of hydrogen-bond donors (Lipinski definition) is 6. The Morgan fingerprint density at radius 3 is 1.91 bits per heavy atom. The molecule has 0 aliphatic heterocycles. The SMILES string of the molecule is COc1cc(-c2nc(Nc3ccc4c(cnn4C4CC4(O)NC(=O)COc4ccc(-c5nc(Nc6ccc7[nH]ncc7c6Cl)n(C)n5)cc4OC)c3Cl)n(C)n2)ccc1OCC(=O)NC(C)(C)C. The number of nitrogens with zero attached hydrogens (tertiary/aromatic N) is 9.